The zero-order valence-corrected chi connectivity index (χ0v) is 12.7. The molecule has 0 saturated heterocycles. The number of hydrogen-bond donors (Lipinski definition) is 2. The molecule has 20 heavy (non-hydrogen) atoms. The molecule has 0 aromatic heterocycles. The highest BCUT2D eigenvalue weighted by atomic mass is 35.5. The number of halogens is 1. The Bertz CT molecular complexity index is 612. The smallest absolute Gasteiger partial charge is 0.240 e. The van der Waals surface area contributed by atoms with Gasteiger partial charge in [-0.25, -0.2) is 13.1 Å². The molecule has 1 aliphatic carbocycles. The second-order valence-electron chi connectivity index (χ2n) is 4.83. The molecule has 0 aliphatic heterocycles. The van der Waals surface area contributed by atoms with Crippen molar-refractivity contribution in [2.75, 3.05) is 13.1 Å². The number of nitrogens with one attached hydrogen (secondary N) is 2. The largest absolute Gasteiger partial charge is 0.355 e. The van der Waals surface area contributed by atoms with Gasteiger partial charge < -0.3 is 5.32 Å². The average Bonchev–Trinajstić information content (AvgIpc) is 3.22. The van der Waals surface area contributed by atoms with Crippen LogP contribution in [0.3, 0.4) is 0 Å². The molecule has 110 valence electrons. The molecule has 0 atom stereocenters. The van der Waals surface area contributed by atoms with Crippen molar-refractivity contribution in [2.24, 2.45) is 5.92 Å². The number of carbonyl (C=O) groups excluding carboxylic acids is 1. The van der Waals surface area contributed by atoms with Crippen LogP contribution in [0.25, 0.3) is 0 Å². The average molecular weight is 317 g/mol. The minimum atomic E-state index is -3.60. The molecular formula is C13H17ClN2O3S. The zero-order valence-electron chi connectivity index (χ0n) is 11.1. The van der Waals surface area contributed by atoms with Crippen molar-refractivity contribution in [3.63, 3.8) is 0 Å². The first kappa shape index (κ1) is 15.3. The maximum absolute atomic E-state index is 12.1. The van der Waals surface area contributed by atoms with E-state index in [0.717, 1.165) is 12.8 Å². The fourth-order valence-electron chi connectivity index (χ4n) is 1.82. The Morgan fingerprint density at radius 2 is 2.05 bits per heavy atom. The highest BCUT2D eigenvalue weighted by Crippen LogP contribution is 2.28. The number of hydrogen-bond acceptors (Lipinski definition) is 3. The topological polar surface area (TPSA) is 75.3 Å². The quantitative estimate of drug-likeness (QED) is 0.780. The van der Waals surface area contributed by atoms with Gasteiger partial charge in [0.25, 0.3) is 0 Å². The molecule has 0 spiro atoms. The Morgan fingerprint density at radius 1 is 1.35 bits per heavy atom. The van der Waals surface area contributed by atoms with Crippen molar-refractivity contribution in [1.82, 2.24) is 10.0 Å². The molecule has 2 N–H and O–H groups in total. The lowest BCUT2D eigenvalue weighted by Crippen LogP contribution is -2.35. The van der Waals surface area contributed by atoms with E-state index in [4.69, 9.17) is 11.6 Å². The summed E-state index contributed by atoms with van der Waals surface area (Å²) < 4.78 is 26.7. The van der Waals surface area contributed by atoms with Gasteiger partial charge in [-0.15, -0.1) is 0 Å². The minimum Gasteiger partial charge on any atom is -0.355 e. The fraction of sp³-hybridized carbons (Fsp3) is 0.462. The molecule has 0 heterocycles. The van der Waals surface area contributed by atoms with Gasteiger partial charge in [0, 0.05) is 24.0 Å². The first-order chi connectivity index (χ1) is 9.42. The summed E-state index contributed by atoms with van der Waals surface area (Å²) >= 11 is 5.92. The summed E-state index contributed by atoms with van der Waals surface area (Å²) in [6, 6.07) is 4.75. The molecular weight excluding hydrogens is 300 g/mol. The maximum atomic E-state index is 12.1. The molecule has 0 unspecified atom stereocenters. The Balaban J connectivity index is 1.90. The predicted octanol–water partition coefficient (Wildman–Crippen LogP) is 1.45. The highest BCUT2D eigenvalue weighted by Gasteiger charge is 2.29. The molecule has 1 aromatic carbocycles. The van der Waals surface area contributed by atoms with Crippen LogP contribution in [-0.4, -0.2) is 27.4 Å². The summed E-state index contributed by atoms with van der Waals surface area (Å²) in [4.78, 5) is 11.6. The van der Waals surface area contributed by atoms with Crippen molar-refractivity contribution >= 4 is 27.5 Å². The third kappa shape index (κ3) is 3.71. The zero-order chi connectivity index (χ0) is 14.8. The van der Waals surface area contributed by atoms with Crippen molar-refractivity contribution in [1.29, 1.82) is 0 Å². The molecule has 1 amide bonds. The Labute approximate surface area is 123 Å². The fourth-order valence-corrected chi connectivity index (χ4v) is 3.35. The standard InChI is InChI=1S/C13H17ClN2O3S/c1-9-11(14)3-2-4-12(9)20(18,19)16-8-7-15-13(17)10-5-6-10/h2-4,10,16H,5-8H2,1H3,(H,15,17). The second kappa shape index (κ2) is 6.11. The minimum absolute atomic E-state index is 0.00290. The van der Waals surface area contributed by atoms with E-state index in [1.807, 2.05) is 0 Å². The van der Waals surface area contributed by atoms with Gasteiger partial charge in [0.15, 0.2) is 0 Å². The van der Waals surface area contributed by atoms with E-state index in [1.165, 1.54) is 6.07 Å². The molecule has 0 radical (unpaired) electrons. The van der Waals surface area contributed by atoms with Gasteiger partial charge in [-0.1, -0.05) is 17.7 Å². The molecule has 1 aromatic rings. The van der Waals surface area contributed by atoms with Gasteiger partial charge in [0.2, 0.25) is 15.9 Å². The van der Waals surface area contributed by atoms with Crippen LogP contribution in [0.1, 0.15) is 18.4 Å². The van der Waals surface area contributed by atoms with Crippen molar-refractivity contribution < 1.29 is 13.2 Å². The maximum Gasteiger partial charge on any atom is 0.240 e. The Kier molecular flexibility index (Phi) is 4.67. The third-order valence-corrected chi connectivity index (χ3v) is 5.19. The predicted molar refractivity (Wildman–Crippen MR) is 77.1 cm³/mol. The van der Waals surface area contributed by atoms with E-state index in [0.29, 0.717) is 10.6 Å². The molecule has 1 aliphatic rings. The summed E-state index contributed by atoms with van der Waals surface area (Å²) in [5.74, 6) is 0.130. The molecule has 0 bridgehead atoms. The van der Waals surface area contributed by atoms with Crippen LogP contribution in [-0.2, 0) is 14.8 Å². The van der Waals surface area contributed by atoms with E-state index in [9.17, 15) is 13.2 Å². The van der Waals surface area contributed by atoms with Gasteiger partial charge in [-0.05, 0) is 37.5 Å². The lowest BCUT2D eigenvalue weighted by Gasteiger charge is -2.10. The number of carbonyl (C=O) groups is 1. The van der Waals surface area contributed by atoms with Crippen LogP contribution >= 0.6 is 11.6 Å². The summed E-state index contributed by atoms with van der Waals surface area (Å²) in [5.41, 5.74) is 0.517. The van der Waals surface area contributed by atoms with Crippen LogP contribution in [0, 0.1) is 12.8 Å². The number of benzene rings is 1. The SMILES string of the molecule is Cc1c(Cl)cccc1S(=O)(=O)NCCNC(=O)C1CC1. The number of sulfonamides is 1. The van der Waals surface area contributed by atoms with Crippen molar-refractivity contribution in [2.45, 2.75) is 24.7 Å². The Morgan fingerprint density at radius 3 is 2.70 bits per heavy atom. The molecule has 2 rings (SSSR count). The lowest BCUT2D eigenvalue weighted by atomic mass is 10.2. The summed E-state index contributed by atoms with van der Waals surface area (Å²) in [6.45, 7) is 2.10. The van der Waals surface area contributed by atoms with Crippen LogP contribution in [0.2, 0.25) is 5.02 Å². The van der Waals surface area contributed by atoms with Gasteiger partial charge in [-0.3, -0.25) is 4.79 Å². The van der Waals surface area contributed by atoms with Gasteiger partial charge in [0.05, 0.1) is 4.90 Å². The summed E-state index contributed by atoms with van der Waals surface area (Å²) in [7, 11) is -3.60. The van der Waals surface area contributed by atoms with Crippen molar-refractivity contribution in [3.8, 4) is 0 Å². The number of amides is 1. The first-order valence-electron chi connectivity index (χ1n) is 6.44. The number of rotatable bonds is 6. The van der Waals surface area contributed by atoms with E-state index in [1.54, 1.807) is 19.1 Å². The summed E-state index contributed by atoms with van der Waals surface area (Å²) in [5, 5.41) is 3.11. The molecule has 7 heteroatoms. The van der Waals surface area contributed by atoms with Crippen LogP contribution in [0.15, 0.2) is 23.1 Å². The molecule has 1 fully saturated rings. The second-order valence-corrected chi connectivity index (χ2v) is 6.97. The van der Waals surface area contributed by atoms with Crippen LogP contribution in [0.5, 0.6) is 0 Å². The molecule has 5 nitrogen and oxygen atoms in total. The van der Waals surface area contributed by atoms with E-state index < -0.39 is 10.0 Å². The van der Waals surface area contributed by atoms with Gasteiger partial charge in [-0.2, -0.15) is 0 Å². The Hall–Kier alpha value is -1.11. The van der Waals surface area contributed by atoms with E-state index in [-0.39, 0.29) is 29.8 Å². The first-order valence-corrected chi connectivity index (χ1v) is 8.30. The summed E-state index contributed by atoms with van der Waals surface area (Å²) in [6.07, 6.45) is 1.86. The van der Waals surface area contributed by atoms with E-state index >= 15 is 0 Å². The van der Waals surface area contributed by atoms with Crippen LogP contribution < -0.4 is 10.0 Å². The lowest BCUT2D eigenvalue weighted by molar-refractivity contribution is -0.122. The van der Waals surface area contributed by atoms with Gasteiger partial charge >= 0.3 is 0 Å². The van der Waals surface area contributed by atoms with E-state index in [2.05, 4.69) is 10.0 Å². The van der Waals surface area contributed by atoms with Gasteiger partial charge in [0.1, 0.15) is 0 Å². The molecule has 1 saturated carbocycles. The van der Waals surface area contributed by atoms with Crippen LogP contribution in [0.4, 0.5) is 0 Å². The third-order valence-electron chi connectivity index (χ3n) is 3.17. The highest BCUT2D eigenvalue weighted by molar-refractivity contribution is 7.89. The normalized spacial score (nSPS) is 15.1. The monoisotopic (exact) mass is 316 g/mol. The van der Waals surface area contributed by atoms with Crippen molar-refractivity contribution in [3.05, 3.63) is 28.8 Å².